The molecule has 2 unspecified atom stereocenters. The van der Waals surface area contributed by atoms with Crippen molar-refractivity contribution in [3.8, 4) is 0 Å². The maximum absolute atomic E-state index is 10.5. The van der Waals surface area contributed by atoms with E-state index in [1.807, 2.05) is 24.3 Å². The molecule has 2 atom stereocenters. The third kappa shape index (κ3) is 1.56. The van der Waals surface area contributed by atoms with Gasteiger partial charge in [-0.15, -0.1) is 0 Å². The summed E-state index contributed by atoms with van der Waals surface area (Å²) < 4.78 is 0. The summed E-state index contributed by atoms with van der Waals surface area (Å²) >= 11 is 7.89. The predicted octanol–water partition coefficient (Wildman–Crippen LogP) is 3.05. The minimum absolute atomic E-state index is 0.224. The Morgan fingerprint density at radius 2 is 2.21 bits per heavy atom. The number of thioether (sulfide) groups is 1. The molecule has 0 amide bonds. The summed E-state index contributed by atoms with van der Waals surface area (Å²) in [6, 6.07) is 7.58. The van der Waals surface area contributed by atoms with Crippen molar-refractivity contribution in [1.29, 1.82) is 0 Å². The van der Waals surface area contributed by atoms with Crippen molar-refractivity contribution >= 4 is 23.4 Å². The van der Waals surface area contributed by atoms with Gasteiger partial charge >= 0.3 is 0 Å². The van der Waals surface area contributed by atoms with Crippen LogP contribution in [0.1, 0.15) is 18.9 Å². The zero-order chi connectivity index (χ0) is 10.2. The Kier molecular flexibility index (Phi) is 2.78. The molecule has 2 rings (SSSR count). The lowest BCUT2D eigenvalue weighted by atomic mass is 9.88. The summed E-state index contributed by atoms with van der Waals surface area (Å²) in [5, 5.41) is 11.4. The van der Waals surface area contributed by atoms with Gasteiger partial charge in [0.15, 0.2) is 0 Å². The van der Waals surface area contributed by atoms with Crippen molar-refractivity contribution in [2.45, 2.75) is 24.2 Å². The predicted molar refractivity (Wildman–Crippen MR) is 61.9 cm³/mol. The van der Waals surface area contributed by atoms with Crippen LogP contribution in [0.15, 0.2) is 24.3 Å². The SMILES string of the molecule is CC1SCCC1(O)c1ccccc1Cl. The molecule has 1 aliphatic rings. The number of halogens is 1. The maximum atomic E-state index is 10.5. The molecule has 0 aliphatic carbocycles. The number of aliphatic hydroxyl groups is 1. The molecule has 1 heterocycles. The van der Waals surface area contributed by atoms with Gasteiger partial charge < -0.3 is 5.11 Å². The fraction of sp³-hybridized carbons (Fsp3) is 0.455. The van der Waals surface area contributed by atoms with Gasteiger partial charge in [0.25, 0.3) is 0 Å². The summed E-state index contributed by atoms with van der Waals surface area (Å²) in [5.74, 6) is 1.00. The van der Waals surface area contributed by atoms with Crippen LogP contribution < -0.4 is 0 Å². The Labute approximate surface area is 93.5 Å². The quantitative estimate of drug-likeness (QED) is 0.798. The molecule has 0 spiro atoms. The molecule has 0 aromatic heterocycles. The molecule has 1 N–H and O–H groups in total. The van der Waals surface area contributed by atoms with Gasteiger partial charge in [0, 0.05) is 15.8 Å². The Morgan fingerprint density at radius 3 is 2.79 bits per heavy atom. The van der Waals surface area contributed by atoms with E-state index in [0.29, 0.717) is 5.02 Å². The Bertz CT molecular complexity index is 342. The van der Waals surface area contributed by atoms with E-state index in [9.17, 15) is 5.11 Å². The monoisotopic (exact) mass is 228 g/mol. The Morgan fingerprint density at radius 1 is 1.50 bits per heavy atom. The van der Waals surface area contributed by atoms with Crippen LogP contribution in [0.4, 0.5) is 0 Å². The molecule has 3 heteroatoms. The first-order valence-electron chi connectivity index (χ1n) is 4.73. The summed E-state index contributed by atoms with van der Waals surface area (Å²) in [6.07, 6.45) is 0.794. The molecule has 0 saturated carbocycles. The van der Waals surface area contributed by atoms with Gasteiger partial charge in [-0.3, -0.25) is 0 Å². The van der Waals surface area contributed by atoms with Crippen molar-refractivity contribution in [2.75, 3.05) is 5.75 Å². The summed E-state index contributed by atoms with van der Waals surface area (Å²) in [7, 11) is 0. The van der Waals surface area contributed by atoms with Crippen LogP contribution in [0.2, 0.25) is 5.02 Å². The lowest BCUT2D eigenvalue weighted by Gasteiger charge is -2.28. The van der Waals surface area contributed by atoms with E-state index in [2.05, 4.69) is 6.92 Å². The van der Waals surface area contributed by atoms with E-state index in [-0.39, 0.29) is 5.25 Å². The molecular weight excluding hydrogens is 216 g/mol. The van der Waals surface area contributed by atoms with E-state index >= 15 is 0 Å². The van der Waals surface area contributed by atoms with Gasteiger partial charge in [-0.2, -0.15) is 11.8 Å². The topological polar surface area (TPSA) is 20.2 Å². The van der Waals surface area contributed by atoms with Crippen LogP contribution in [0.3, 0.4) is 0 Å². The molecule has 1 aliphatic heterocycles. The van der Waals surface area contributed by atoms with Crippen LogP contribution in [0.5, 0.6) is 0 Å². The third-order valence-corrected chi connectivity index (χ3v) is 4.52. The fourth-order valence-electron chi connectivity index (χ4n) is 1.90. The Hall–Kier alpha value is -0.180. The second-order valence-corrected chi connectivity index (χ2v) is 5.52. The van der Waals surface area contributed by atoms with Gasteiger partial charge in [-0.25, -0.2) is 0 Å². The lowest BCUT2D eigenvalue weighted by Crippen LogP contribution is -2.31. The first-order valence-corrected chi connectivity index (χ1v) is 6.16. The first kappa shape index (κ1) is 10.3. The highest BCUT2D eigenvalue weighted by Gasteiger charge is 2.41. The molecule has 1 nitrogen and oxygen atoms in total. The van der Waals surface area contributed by atoms with E-state index in [0.717, 1.165) is 17.7 Å². The van der Waals surface area contributed by atoms with Crippen molar-refractivity contribution in [2.24, 2.45) is 0 Å². The number of benzene rings is 1. The molecule has 14 heavy (non-hydrogen) atoms. The zero-order valence-corrected chi connectivity index (χ0v) is 9.61. The molecule has 0 radical (unpaired) electrons. The second kappa shape index (κ2) is 3.76. The number of hydrogen-bond donors (Lipinski definition) is 1. The average molecular weight is 229 g/mol. The largest absolute Gasteiger partial charge is 0.384 e. The smallest absolute Gasteiger partial charge is 0.103 e. The van der Waals surface area contributed by atoms with Crippen LogP contribution in [0.25, 0.3) is 0 Å². The number of hydrogen-bond acceptors (Lipinski definition) is 2. The van der Waals surface area contributed by atoms with Gasteiger partial charge in [0.1, 0.15) is 5.60 Å². The minimum atomic E-state index is -0.733. The fourth-order valence-corrected chi connectivity index (χ4v) is 3.50. The third-order valence-electron chi connectivity index (χ3n) is 2.86. The van der Waals surface area contributed by atoms with Crippen molar-refractivity contribution in [3.63, 3.8) is 0 Å². The van der Waals surface area contributed by atoms with Crippen LogP contribution in [-0.2, 0) is 5.60 Å². The van der Waals surface area contributed by atoms with E-state index in [4.69, 9.17) is 11.6 Å². The van der Waals surface area contributed by atoms with Gasteiger partial charge in [-0.1, -0.05) is 36.7 Å². The zero-order valence-electron chi connectivity index (χ0n) is 8.03. The van der Waals surface area contributed by atoms with E-state index < -0.39 is 5.60 Å². The summed E-state index contributed by atoms with van der Waals surface area (Å²) in [4.78, 5) is 0. The normalized spacial score (nSPS) is 32.1. The average Bonchev–Trinajstić information content (AvgIpc) is 2.49. The molecule has 1 aromatic rings. The first-order chi connectivity index (χ1) is 6.64. The summed E-state index contributed by atoms with van der Waals surface area (Å²) in [6.45, 7) is 2.06. The van der Waals surface area contributed by atoms with Gasteiger partial charge in [0.05, 0.1) is 0 Å². The van der Waals surface area contributed by atoms with E-state index in [1.165, 1.54) is 0 Å². The van der Waals surface area contributed by atoms with Crippen molar-refractivity contribution in [1.82, 2.24) is 0 Å². The van der Waals surface area contributed by atoms with Crippen molar-refractivity contribution < 1.29 is 5.11 Å². The highest BCUT2D eigenvalue weighted by atomic mass is 35.5. The molecule has 0 bridgehead atoms. The van der Waals surface area contributed by atoms with Gasteiger partial charge in [-0.05, 0) is 18.2 Å². The highest BCUT2D eigenvalue weighted by molar-refractivity contribution is 8.00. The maximum Gasteiger partial charge on any atom is 0.103 e. The highest BCUT2D eigenvalue weighted by Crippen LogP contribution is 2.44. The summed E-state index contributed by atoms with van der Waals surface area (Å²) in [5.41, 5.74) is 0.141. The molecule has 1 aromatic carbocycles. The van der Waals surface area contributed by atoms with Crippen LogP contribution >= 0.6 is 23.4 Å². The van der Waals surface area contributed by atoms with Crippen LogP contribution in [0, 0.1) is 0 Å². The lowest BCUT2D eigenvalue weighted by molar-refractivity contribution is 0.0428. The van der Waals surface area contributed by atoms with Crippen LogP contribution in [-0.4, -0.2) is 16.1 Å². The number of rotatable bonds is 1. The second-order valence-electron chi connectivity index (χ2n) is 3.67. The standard InChI is InChI=1S/C11H13ClOS/c1-8-11(13,6-7-14-8)9-4-2-3-5-10(9)12/h2-5,8,13H,6-7H2,1H3. The molecule has 76 valence electrons. The van der Waals surface area contributed by atoms with E-state index in [1.54, 1.807) is 11.8 Å². The minimum Gasteiger partial charge on any atom is -0.384 e. The van der Waals surface area contributed by atoms with Crippen molar-refractivity contribution in [3.05, 3.63) is 34.9 Å². The van der Waals surface area contributed by atoms with Gasteiger partial charge in [0.2, 0.25) is 0 Å². The molecule has 1 fully saturated rings. The molecule has 1 saturated heterocycles. The molecular formula is C11H13ClOS. The Balaban J connectivity index is 2.43.